The van der Waals surface area contributed by atoms with E-state index in [4.69, 9.17) is 0 Å². The van der Waals surface area contributed by atoms with Gasteiger partial charge in [-0.3, -0.25) is 19.2 Å². The van der Waals surface area contributed by atoms with Crippen molar-refractivity contribution in [2.24, 2.45) is 5.41 Å². The van der Waals surface area contributed by atoms with Crippen molar-refractivity contribution in [1.82, 2.24) is 19.8 Å². The molecule has 7 aromatic rings. The molecule has 2 aliphatic heterocycles. The molecule has 2 unspecified atom stereocenters. The van der Waals surface area contributed by atoms with E-state index in [0.29, 0.717) is 38.2 Å². The molecule has 0 radical (unpaired) electrons. The Labute approximate surface area is 275 Å². The molecule has 9 rings (SSSR count). The smallest absolute Gasteiger partial charge is 0.255 e. The Morgan fingerprint density at radius 3 is 1.52 bits per heavy atom. The number of pyridine rings is 2. The summed E-state index contributed by atoms with van der Waals surface area (Å²) in [6.07, 6.45) is -0.561. The van der Waals surface area contributed by atoms with E-state index in [2.05, 4.69) is 40.5 Å². The number of benzene rings is 5. The lowest BCUT2D eigenvalue weighted by Crippen LogP contribution is -2.44. The summed E-state index contributed by atoms with van der Waals surface area (Å²) in [6.45, 7) is 6.26. The van der Waals surface area contributed by atoms with Gasteiger partial charge in [0.1, 0.15) is 12.3 Å². The van der Waals surface area contributed by atoms with Crippen molar-refractivity contribution in [2.75, 3.05) is 0 Å². The Morgan fingerprint density at radius 2 is 0.958 bits per heavy atom. The second kappa shape index (κ2) is 10.8. The van der Waals surface area contributed by atoms with E-state index >= 15 is 0 Å². The first-order chi connectivity index (χ1) is 23.1. The highest BCUT2D eigenvalue weighted by atomic mass is 16.2. The van der Waals surface area contributed by atoms with Crippen LogP contribution in [0.4, 0.5) is 0 Å². The predicted octanol–water partition coefficient (Wildman–Crippen LogP) is 6.89. The van der Waals surface area contributed by atoms with Crippen molar-refractivity contribution in [3.8, 4) is 0 Å². The molecule has 8 heteroatoms. The third kappa shape index (κ3) is 4.36. The molecular formula is C40H32N4O4. The molecule has 2 amide bonds. The van der Waals surface area contributed by atoms with E-state index in [9.17, 15) is 19.2 Å². The summed E-state index contributed by atoms with van der Waals surface area (Å²) in [7, 11) is 0. The second-order valence-electron chi connectivity index (χ2n) is 13.4. The monoisotopic (exact) mass is 632 g/mol. The van der Waals surface area contributed by atoms with Gasteiger partial charge in [0, 0.05) is 27.0 Å². The zero-order valence-electron chi connectivity index (χ0n) is 26.7. The fraction of sp³-hybridized carbons (Fsp3) is 0.150. The quantitative estimate of drug-likeness (QED) is 0.193. The zero-order valence-corrected chi connectivity index (χ0v) is 26.7. The first-order valence-corrected chi connectivity index (χ1v) is 15.9. The maximum absolute atomic E-state index is 12.9. The van der Waals surface area contributed by atoms with Crippen LogP contribution in [0.1, 0.15) is 59.4 Å². The van der Waals surface area contributed by atoms with Gasteiger partial charge in [0.15, 0.2) is 10.9 Å². The van der Waals surface area contributed by atoms with E-state index in [0.717, 1.165) is 22.1 Å². The topological polar surface area (TPSA) is 102 Å². The van der Waals surface area contributed by atoms with Gasteiger partial charge < -0.3 is 19.8 Å². The van der Waals surface area contributed by atoms with Gasteiger partial charge in [-0.05, 0) is 54.1 Å². The largest absolute Gasteiger partial charge is 0.331 e. The number of fused-ring (bicyclic) bond motifs is 4. The van der Waals surface area contributed by atoms with Crippen LogP contribution in [-0.2, 0) is 0 Å². The standard InChI is InChI=1S/C21H14N2O2.C19H18N2O2/c24-19-14-9-4-5-12-17(14)23-18-15(19)10-6-11-16(18)21(25)22-20(23)13-7-2-1-3-8-13;1-19(2,3)18-20-17(23)13-9-6-8-12-15(13)21(18)14-10-5-4-7-11(14)16(12)22/h1-12,20H,(H,22,25);4-10,18H,1-3H3,(H,20,23). The number of nitrogens with one attached hydrogen (secondary N) is 2. The van der Waals surface area contributed by atoms with E-state index in [1.807, 2.05) is 84.9 Å². The van der Waals surface area contributed by atoms with Gasteiger partial charge in [0.05, 0.1) is 33.2 Å². The molecule has 8 nitrogen and oxygen atoms in total. The van der Waals surface area contributed by atoms with Crippen molar-refractivity contribution < 1.29 is 9.59 Å². The maximum atomic E-state index is 12.9. The van der Waals surface area contributed by atoms with E-state index < -0.39 is 0 Å². The van der Waals surface area contributed by atoms with Crippen molar-refractivity contribution >= 4 is 55.4 Å². The molecule has 0 aliphatic carbocycles. The summed E-state index contributed by atoms with van der Waals surface area (Å²) >= 11 is 0. The summed E-state index contributed by atoms with van der Waals surface area (Å²) in [6, 6.07) is 35.6. The Hall–Kier alpha value is -6.02. The molecule has 4 heterocycles. The number of amides is 2. The molecule has 0 bridgehead atoms. The number of carbonyl (C=O) groups is 2. The van der Waals surface area contributed by atoms with Gasteiger partial charge >= 0.3 is 0 Å². The molecule has 0 spiro atoms. The molecular weight excluding hydrogens is 600 g/mol. The van der Waals surface area contributed by atoms with Gasteiger partial charge in [-0.2, -0.15) is 0 Å². The van der Waals surface area contributed by atoms with Crippen LogP contribution in [0, 0.1) is 5.41 Å². The van der Waals surface area contributed by atoms with Crippen LogP contribution < -0.4 is 21.5 Å². The van der Waals surface area contributed by atoms with Gasteiger partial charge in [-0.15, -0.1) is 0 Å². The molecule has 5 aromatic carbocycles. The van der Waals surface area contributed by atoms with Crippen molar-refractivity contribution in [2.45, 2.75) is 33.1 Å². The van der Waals surface area contributed by atoms with Crippen LogP contribution in [-0.4, -0.2) is 20.9 Å². The average Bonchev–Trinajstić information content (AvgIpc) is 3.10. The second-order valence-corrected chi connectivity index (χ2v) is 13.4. The SMILES string of the molecule is CC(C)(C)C1NC(=O)c2cccc3c(=O)c4ccccc4n1c23.O=C1NC(c2ccccc2)n2c3ccccc3c(=O)c3cccc1c32. The third-order valence-corrected chi connectivity index (χ3v) is 9.34. The number of rotatable bonds is 1. The van der Waals surface area contributed by atoms with Crippen LogP contribution >= 0.6 is 0 Å². The minimum absolute atomic E-state index is 0.0175. The van der Waals surface area contributed by atoms with Gasteiger partial charge in [0.2, 0.25) is 0 Å². The zero-order chi connectivity index (χ0) is 33.3. The molecule has 0 fully saturated rings. The molecule has 2 aromatic heterocycles. The lowest BCUT2D eigenvalue weighted by atomic mass is 9.89. The number of hydrogen-bond acceptors (Lipinski definition) is 4. The highest BCUT2D eigenvalue weighted by Gasteiger charge is 2.35. The summed E-state index contributed by atoms with van der Waals surface area (Å²) in [5.41, 5.74) is 4.94. The third-order valence-electron chi connectivity index (χ3n) is 9.34. The average molecular weight is 633 g/mol. The molecule has 236 valence electrons. The van der Waals surface area contributed by atoms with E-state index in [1.54, 1.807) is 30.3 Å². The molecule has 2 N–H and O–H groups in total. The van der Waals surface area contributed by atoms with Gasteiger partial charge in [0.25, 0.3) is 11.8 Å². The van der Waals surface area contributed by atoms with Crippen molar-refractivity contribution in [1.29, 1.82) is 0 Å². The summed E-state index contributed by atoms with van der Waals surface area (Å²) < 4.78 is 4.18. The highest BCUT2D eigenvalue weighted by Crippen LogP contribution is 2.37. The van der Waals surface area contributed by atoms with Crippen LogP contribution in [0.15, 0.2) is 125 Å². The number of para-hydroxylation sites is 4. The van der Waals surface area contributed by atoms with Gasteiger partial charge in [-0.25, -0.2) is 0 Å². The molecule has 2 aliphatic rings. The lowest BCUT2D eigenvalue weighted by Gasteiger charge is -2.38. The van der Waals surface area contributed by atoms with E-state index in [1.165, 1.54) is 0 Å². The first kappa shape index (κ1) is 29.4. The van der Waals surface area contributed by atoms with Crippen molar-refractivity contribution in [3.63, 3.8) is 0 Å². The molecule has 48 heavy (non-hydrogen) atoms. The molecule has 0 saturated heterocycles. The van der Waals surface area contributed by atoms with Crippen LogP contribution in [0.25, 0.3) is 43.6 Å². The van der Waals surface area contributed by atoms with E-state index in [-0.39, 0.29) is 40.4 Å². The highest BCUT2D eigenvalue weighted by molar-refractivity contribution is 6.11. The fourth-order valence-electron chi connectivity index (χ4n) is 7.16. The summed E-state index contributed by atoms with van der Waals surface area (Å²) in [5.74, 6) is -0.278. The summed E-state index contributed by atoms with van der Waals surface area (Å²) in [5, 5.41) is 8.71. The normalized spacial score (nSPS) is 16.8. The predicted molar refractivity (Wildman–Crippen MR) is 189 cm³/mol. The Bertz CT molecular complexity index is 2600. The Kier molecular flexibility index (Phi) is 6.59. The number of hydrogen-bond donors (Lipinski definition) is 2. The minimum Gasteiger partial charge on any atom is -0.331 e. The molecule has 0 saturated carbocycles. The fourth-order valence-corrected chi connectivity index (χ4v) is 7.16. The van der Waals surface area contributed by atoms with Crippen LogP contribution in [0.5, 0.6) is 0 Å². The van der Waals surface area contributed by atoms with Crippen molar-refractivity contribution in [3.05, 3.63) is 152 Å². The minimum atomic E-state index is -0.350. The Balaban J connectivity index is 0.000000141. The lowest BCUT2D eigenvalue weighted by molar-refractivity contribution is 0.0845. The van der Waals surface area contributed by atoms with Gasteiger partial charge in [-0.1, -0.05) is 87.5 Å². The maximum Gasteiger partial charge on any atom is 0.255 e. The first-order valence-electron chi connectivity index (χ1n) is 15.9. The number of aromatic nitrogens is 2. The number of nitrogens with zero attached hydrogens (tertiary/aromatic N) is 2. The Morgan fingerprint density at radius 1 is 0.500 bits per heavy atom. The van der Waals surface area contributed by atoms with Crippen LogP contribution in [0.3, 0.4) is 0 Å². The molecule has 2 atom stereocenters. The summed E-state index contributed by atoms with van der Waals surface area (Å²) in [4.78, 5) is 51.0. The van der Waals surface area contributed by atoms with Crippen LogP contribution in [0.2, 0.25) is 0 Å². The number of carbonyl (C=O) groups excluding carboxylic acids is 2.